The van der Waals surface area contributed by atoms with Gasteiger partial charge in [-0.15, -0.1) is 0 Å². The van der Waals surface area contributed by atoms with Crippen LogP contribution in [0.15, 0.2) is 18.3 Å². The maximum atomic E-state index is 7.28. The van der Waals surface area contributed by atoms with Crippen LogP contribution in [0.2, 0.25) is 0 Å². The summed E-state index contributed by atoms with van der Waals surface area (Å²) in [5, 5.41) is 0. The molecule has 0 aliphatic carbocycles. The van der Waals surface area contributed by atoms with E-state index in [1.165, 1.54) is 6.07 Å². The van der Waals surface area contributed by atoms with Crippen molar-refractivity contribution >= 4 is 0 Å². The first kappa shape index (κ1) is 2.18. The number of hydrogen-bond acceptors (Lipinski definition) is 1. The molecule has 1 rings (SSSR count). The maximum absolute atomic E-state index is 7.28. The third kappa shape index (κ3) is 1.06. The minimum Gasteiger partial charge on any atom is -0.261 e. The lowest BCUT2D eigenvalue weighted by molar-refractivity contribution is 1.17. The second-order valence-electron chi connectivity index (χ2n) is 1.63. The van der Waals surface area contributed by atoms with Crippen molar-refractivity contribution in [3.63, 3.8) is 0 Å². The molecule has 8 heavy (non-hydrogen) atoms. The zero-order valence-corrected chi connectivity index (χ0v) is 4.60. The predicted molar refractivity (Wildman–Crippen MR) is 33.7 cm³/mol. The molecule has 0 bridgehead atoms. The minimum absolute atomic E-state index is 0.0156. The van der Waals surface area contributed by atoms with Gasteiger partial charge in [-0.3, -0.25) is 4.98 Å². The van der Waals surface area contributed by atoms with Gasteiger partial charge >= 0.3 is 0 Å². The Morgan fingerprint density at radius 1 is 1.75 bits per heavy atom. The lowest BCUT2D eigenvalue weighted by atomic mass is 10.3. The molecule has 1 heterocycles. The van der Waals surface area contributed by atoms with Gasteiger partial charge in [-0.2, -0.15) is 0 Å². The highest BCUT2D eigenvalue weighted by molar-refractivity contribution is 5.10. The summed E-state index contributed by atoms with van der Waals surface area (Å²) in [5.41, 5.74) is 0.668. The highest BCUT2D eigenvalue weighted by atomic mass is 14.6. The third-order valence-corrected chi connectivity index (χ3v) is 0.844. The van der Waals surface area contributed by atoms with Crippen molar-refractivity contribution in [1.29, 1.82) is 0 Å². The first-order valence-corrected chi connectivity index (χ1v) is 2.36. The second kappa shape index (κ2) is 1.95. The van der Waals surface area contributed by atoms with E-state index in [-0.39, 0.29) is 11.9 Å². The highest BCUT2D eigenvalue weighted by Gasteiger charge is 1.81. The van der Waals surface area contributed by atoms with Crippen LogP contribution in [0, 0.1) is 13.8 Å². The Hall–Kier alpha value is -0.850. The fraction of sp³-hybridized carbons (Fsp3) is 0.286. The van der Waals surface area contributed by atoms with Crippen LogP contribution in [-0.4, -0.2) is 4.98 Å². The predicted octanol–water partition coefficient (Wildman–Crippen LogP) is 1.70. The van der Waals surface area contributed by atoms with Crippen molar-refractivity contribution in [2.24, 2.45) is 0 Å². The molecule has 1 aromatic rings. The number of aryl methyl sites for hydroxylation is 2. The molecule has 1 heteroatoms. The Labute approximate surface area is 55.0 Å². The van der Waals surface area contributed by atoms with Crippen LogP contribution in [0.25, 0.3) is 0 Å². The van der Waals surface area contributed by atoms with Crippen LogP contribution < -0.4 is 0 Å². The van der Waals surface area contributed by atoms with Gasteiger partial charge in [0.15, 0.2) is 0 Å². The van der Waals surface area contributed by atoms with Crippen molar-refractivity contribution in [2.45, 2.75) is 13.8 Å². The van der Waals surface area contributed by atoms with Gasteiger partial charge in [-0.05, 0) is 25.4 Å². The van der Waals surface area contributed by atoms with E-state index in [1.807, 2.05) is 0 Å². The number of rotatable bonds is 0. The highest BCUT2D eigenvalue weighted by Crippen LogP contribution is 1.94. The Bertz CT molecular complexity index is 292. The normalized spacial score (nSPS) is 18.1. The summed E-state index contributed by atoms with van der Waals surface area (Å²) in [6, 6.07) is 3.03. The van der Waals surface area contributed by atoms with Crippen LogP contribution in [0.3, 0.4) is 0 Å². The molecule has 0 unspecified atom stereocenters. The molecule has 0 aliphatic heterocycles. The summed E-state index contributed by atoms with van der Waals surface area (Å²) in [6.07, 6.45) is 0.0311. The van der Waals surface area contributed by atoms with Gasteiger partial charge in [0.05, 0.1) is 1.37 Å². The number of aromatic nitrogens is 1. The molecule has 1 aromatic heterocycles. The topological polar surface area (TPSA) is 12.9 Å². The molecule has 0 aromatic carbocycles. The average molecular weight is 111 g/mol. The van der Waals surface area contributed by atoms with Gasteiger partial charge in [-0.1, -0.05) is 6.07 Å². The van der Waals surface area contributed by atoms with E-state index in [1.54, 1.807) is 13.0 Å². The summed E-state index contributed by atoms with van der Waals surface area (Å²) >= 11 is 0. The van der Waals surface area contributed by atoms with Crippen LogP contribution >= 0.6 is 0 Å². The maximum Gasteiger partial charge on any atom is 0.0843 e. The standard InChI is InChI=1S/C7H9N/c1-6-3-4-7(2)8-5-6/h3-5H,1-2H3/i2D3,5D. The molecule has 0 aliphatic rings. The van der Waals surface area contributed by atoms with Crippen LogP contribution in [-0.2, 0) is 0 Å². The Balaban J connectivity index is 3.14. The molecule has 1 nitrogen and oxygen atoms in total. The van der Waals surface area contributed by atoms with Gasteiger partial charge in [0.2, 0.25) is 0 Å². The van der Waals surface area contributed by atoms with Gasteiger partial charge in [0, 0.05) is 16.0 Å². The Morgan fingerprint density at radius 3 is 3.25 bits per heavy atom. The number of nitrogens with zero attached hydrogens (tertiary/aromatic N) is 1. The molecule has 0 atom stereocenters. The monoisotopic (exact) mass is 111 g/mol. The largest absolute Gasteiger partial charge is 0.261 e. The molecular formula is C7H9N. The van der Waals surface area contributed by atoms with Crippen molar-refractivity contribution < 1.29 is 5.48 Å². The lowest BCUT2D eigenvalue weighted by Gasteiger charge is -1.89. The third-order valence-electron chi connectivity index (χ3n) is 0.844. The van der Waals surface area contributed by atoms with E-state index in [0.717, 1.165) is 0 Å². The molecule has 0 radical (unpaired) electrons. The van der Waals surface area contributed by atoms with E-state index in [4.69, 9.17) is 5.48 Å². The summed E-state index contributed by atoms with van der Waals surface area (Å²) in [7, 11) is 0. The average Bonchev–Trinajstić information content (AvgIpc) is 1.92. The second-order valence-corrected chi connectivity index (χ2v) is 1.63. The summed E-state index contributed by atoms with van der Waals surface area (Å²) in [6.45, 7) is -0.484. The SMILES string of the molecule is [2H]c1nc(C([2H])([2H])[2H])ccc1C. The molecule has 42 valence electrons. The van der Waals surface area contributed by atoms with Gasteiger partial charge in [0.25, 0.3) is 0 Å². The Morgan fingerprint density at radius 2 is 2.62 bits per heavy atom. The minimum atomic E-state index is -2.20. The molecule has 0 saturated carbocycles. The zero-order valence-electron chi connectivity index (χ0n) is 8.60. The molecular weight excluding hydrogens is 98.1 g/mol. The molecule has 0 amide bonds. The number of pyridine rings is 1. The quantitative estimate of drug-likeness (QED) is 0.496. The Kier molecular flexibility index (Phi) is 0.530. The molecule has 0 fully saturated rings. The summed E-state index contributed by atoms with van der Waals surface area (Å²) < 4.78 is 28.4. The van der Waals surface area contributed by atoms with E-state index in [2.05, 4.69) is 4.98 Å². The molecule has 0 spiro atoms. The lowest BCUT2D eigenvalue weighted by Crippen LogP contribution is -1.78. The van der Waals surface area contributed by atoms with Crippen molar-refractivity contribution in [3.05, 3.63) is 29.6 Å². The van der Waals surface area contributed by atoms with Crippen molar-refractivity contribution in [1.82, 2.24) is 4.98 Å². The van der Waals surface area contributed by atoms with Gasteiger partial charge in [0.1, 0.15) is 0 Å². The molecule has 0 saturated heterocycles. The van der Waals surface area contributed by atoms with Gasteiger partial charge in [-0.25, -0.2) is 0 Å². The zero-order chi connectivity index (χ0) is 9.35. The van der Waals surface area contributed by atoms with E-state index in [9.17, 15) is 0 Å². The summed E-state index contributed by atoms with van der Waals surface area (Å²) in [4.78, 5) is 3.65. The van der Waals surface area contributed by atoms with E-state index >= 15 is 0 Å². The molecule has 0 N–H and O–H groups in total. The van der Waals surface area contributed by atoms with Crippen LogP contribution in [0.1, 0.15) is 16.7 Å². The summed E-state index contributed by atoms with van der Waals surface area (Å²) in [5.74, 6) is 0. The fourth-order valence-corrected chi connectivity index (χ4v) is 0.427. The van der Waals surface area contributed by atoms with Crippen LogP contribution in [0.4, 0.5) is 0 Å². The van der Waals surface area contributed by atoms with Crippen molar-refractivity contribution in [2.75, 3.05) is 0 Å². The van der Waals surface area contributed by atoms with Gasteiger partial charge < -0.3 is 0 Å². The number of hydrogen-bond donors (Lipinski definition) is 0. The van der Waals surface area contributed by atoms with E-state index in [0.29, 0.717) is 5.56 Å². The van der Waals surface area contributed by atoms with E-state index < -0.39 is 6.85 Å². The van der Waals surface area contributed by atoms with Crippen LogP contribution in [0.5, 0.6) is 0 Å². The smallest absolute Gasteiger partial charge is 0.0843 e. The fourth-order valence-electron chi connectivity index (χ4n) is 0.427. The first-order valence-electron chi connectivity index (χ1n) is 4.36. The first-order chi connectivity index (χ1) is 5.41. The van der Waals surface area contributed by atoms with Crippen molar-refractivity contribution in [3.8, 4) is 0 Å².